The first kappa shape index (κ1) is 14.1. The molecule has 0 saturated carbocycles. The van der Waals surface area contributed by atoms with Crippen molar-refractivity contribution in [3.63, 3.8) is 0 Å². The van der Waals surface area contributed by atoms with E-state index in [0.29, 0.717) is 23.5 Å². The predicted molar refractivity (Wildman–Crippen MR) is 73.1 cm³/mol. The van der Waals surface area contributed by atoms with Crippen LogP contribution in [0.3, 0.4) is 0 Å². The molecule has 3 nitrogen and oxygen atoms in total. The normalized spacial score (nSPS) is 10.1. The van der Waals surface area contributed by atoms with E-state index in [0.717, 1.165) is 0 Å². The maximum Gasteiger partial charge on any atom is 0.310 e. The zero-order valence-corrected chi connectivity index (χ0v) is 11.1. The molecule has 0 heterocycles. The minimum absolute atomic E-state index is 0.154. The van der Waals surface area contributed by atoms with Crippen molar-refractivity contribution in [3.8, 4) is 11.5 Å². The van der Waals surface area contributed by atoms with Gasteiger partial charge < -0.3 is 9.47 Å². The van der Waals surface area contributed by atoms with E-state index in [1.54, 1.807) is 49.4 Å². The molecule has 0 amide bonds. The molecule has 0 spiro atoms. The summed E-state index contributed by atoms with van der Waals surface area (Å²) >= 11 is 0. The Kier molecular flexibility index (Phi) is 4.71. The summed E-state index contributed by atoms with van der Waals surface area (Å²) in [6.45, 7) is 1.88. The lowest BCUT2D eigenvalue weighted by atomic mass is 10.2. The largest absolute Gasteiger partial charge is 0.489 e. The van der Waals surface area contributed by atoms with E-state index in [4.69, 9.17) is 9.47 Å². The molecule has 2 rings (SSSR count). The first-order chi connectivity index (χ1) is 9.69. The third-order valence-electron chi connectivity index (χ3n) is 2.70. The Hall–Kier alpha value is -2.36. The summed E-state index contributed by atoms with van der Waals surface area (Å²) < 4.78 is 23.9. The van der Waals surface area contributed by atoms with Gasteiger partial charge in [0.2, 0.25) is 0 Å². The number of halogens is 1. The highest BCUT2D eigenvalue weighted by molar-refractivity contribution is 5.71. The second-order valence-electron chi connectivity index (χ2n) is 4.18. The third-order valence-corrected chi connectivity index (χ3v) is 2.70. The van der Waals surface area contributed by atoms with Gasteiger partial charge in [-0.25, -0.2) is 4.39 Å². The molecule has 0 atom stereocenters. The maximum atomic E-state index is 13.4. The lowest BCUT2D eigenvalue weighted by Gasteiger charge is -2.08. The predicted octanol–water partition coefficient (Wildman–Crippen LogP) is 3.72. The number of esters is 1. The van der Waals surface area contributed by atoms with Gasteiger partial charge in [0.1, 0.15) is 23.9 Å². The van der Waals surface area contributed by atoms with Crippen LogP contribution in [0.25, 0.3) is 0 Å². The van der Waals surface area contributed by atoms with E-state index < -0.39 is 0 Å². The molecule has 2 aromatic carbocycles. The van der Waals surface area contributed by atoms with Gasteiger partial charge in [-0.05, 0) is 30.3 Å². The highest BCUT2D eigenvalue weighted by Gasteiger charge is 2.04. The lowest BCUT2D eigenvalue weighted by molar-refractivity contribution is -0.134. The van der Waals surface area contributed by atoms with E-state index in [2.05, 4.69) is 0 Å². The molecule has 0 saturated heterocycles. The Balaban J connectivity index is 1.94. The molecular formula is C16H15FO3. The minimum atomic E-state index is -0.291. The van der Waals surface area contributed by atoms with Gasteiger partial charge in [0, 0.05) is 12.0 Å². The van der Waals surface area contributed by atoms with Crippen molar-refractivity contribution in [2.24, 2.45) is 0 Å². The van der Waals surface area contributed by atoms with Crippen molar-refractivity contribution < 1.29 is 18.7 Å². The molecule has 0 aliphatic carbocycles. The molecule has 4 heteroatoms. The Morgan fingerprint density at radius 1 is 1.05 bits per heavy atom. The molecule has 2 aromatic rings. The van der Waals surface area contributed by atoms with Crippen LogP contribution in [-0.2, 0) is 11.4 Å². The molecular weight excluding hydrogens is 259 g/mol. The molecule has 0 aliphatic rings. The Morgan fingerprint density at radius 3 is 2.35 bits per heavy atom. The lowest BCUT2D eigenvalue weighted by Crippen LogP contribution is -2.05. The smallest absolute Gasteiger partial charge is 0.310 e. The fourth-order valence-electron chi connectivity index (χ4n) is 1.58. The van der Waals surface area contributed by atoms with Crippen LogP contribution in [0.2, 0.25) is 0 Å². The molecule has 0 unspecified atom stereocenters. The van der Waals surface area contributed by atoms with E-state index in [1.807, 2.05) is 0 Å². The molecule has 0 bridgehead atoms. The second kappa shape index (κ2) is 6.70. The average molecular weight is 274 g/mol. The molecule has 20 heavy (non-hydrogen) atoms. The van der Waals surface area contributed by atoms with Gasteiger partial charge in [0.25, 0.3) is 0 Å². The number of rotatable bonds is 5. The Labute approximate surface area is 117 Å². The summed E-state index contributed by atoms with van der Waals surface area (Å²) in [5, 5.41) is 0. The third kappa shape index (κ3) is 3.82. The second-order valence-corrected chi connectivity index (χ2v) is 4.18. The fourth-order valence-corrected chi connectivity index (χ4v) is 1.58. The number of carbonyl (C=O) groups excluding carboxylic acids is 1. The van der Waals surface area contributed by atoms with Gasteiger partial charge in [-0.15, -0.1) is 0 Å². The number of ether oxygens (including phenoxy) is 2. The fraction of sp³-hybridized carbons (Fsp3) is 0.188. The Bertz CT molecular complexity index is 579. The van der Waals surface area contributed by atoms with Crippen LogP contribution in [0, 0.1) is 5.82 Å². The molecule has 0 aromatic heterocycles. The van der Waals surface area contributed by atoms with E-state index >= 15 is 0 Å². The van der Waals surface area contributed by atoms with Gasteiger partial charge in [0.15, 0.2) is 0 Å². The summed E-state index contributed by atoms with van der Waals surface area (Å²) in [6, 6.07) is 13.1. The van der Waals surface area contributed by atoms with Gasteiger partial charge in [0.05, 0.1) is 0 Å². The monoisotopic (exact) mass is 274 g/mol. The molecule has 0 fully saturated rings. The highest BCUT2D eigenvalue weighted by atomic mass is 19.1. The number of hydrogen-bond donors (Lipinski definition) is 0. The summed E-state index contributed by atoms with van der Waals surface area (Å²) in [5.41, 5.74) is 0.494. The maximum absolute atomic E-state index is 13.4. The summed E-state index contributed by atoms with van der Waals surface area (Å²) in [7, 11) is 0. The molecule has 0 radical (unpaired) electrons. The minimum Gasteiger partial charge on any atom is -0.489 e. The van der Waals surface area contributed by atoms with Crippen molar-refractivity contribution in [2.45, 2.75) is 20.0 Å². The van der Waals surface area contributed by atoms with Crippen molar-refractivity contribution in [2.75, 3.05) is 0 Å². The van der Waals surface area contributed by atoms with Crippen LogP contribution in [0.5, 0.6) is 11.5 Å². The molecule has 0 aliphatic heterocycles. The van der Waals surface area contributed by atoms with Crippen LogP contribution in [0.4, 0.5) is 4.39 Å². The standard InChI is InChI=1S/C16H15FO3/c1-2-16(18)20-14-9-7-13(8-10-14)19-11-12-5-3-4-6-15(12)17/h3-10H,2,11H2,1H3. The summed E-state index contributed by atoms with van der Waals surface area (Å²) in [6.07, 6.45) is 0.325. The zero-order chi connectivity index (χ0) is 14.4. The number of hydrogen-bond acceptors (Lipinski definition) is 3. The van der Waals surface area contributed by atoms with Gasteiger partial charge in [-0.2, -0.15) is 0 Å². The SMILES string of the molecule is CCC(=O)Oc1ccc(OCc2ccccc2F)cc1. The zero-order valence-electron chi connectivity index (χ0n) is 11.1. The van der Waals surface area contributed by atoms with E-state index in [9.17, 15) is 9.18 Å². The average Bonchev–Trinajstić information content (AvgIpc) is 2.48. The molecule has 0 N–H and O–H groups in total. The van der Waals surface area contributed by atoms with Crippen molar-refractivity contribution in [1.82, 2.24) is 0 Å². The summed E-state index contributed by atoms with van der Waals surface area (Å²) in [4.78, 5) is 11.1. The van der Waals surface area contributed by atoms with Crippen molar-refractivity contribution >= 4 is 5.97 Å². The first-order valence-electron chi connectivity index (χ1n) is 6.36. The van der Waals surface area contributed by atoms with E-state index in [1.165, 1.54) is 6.07 Å². The van der Waals surface area contributed by atoms with Crippen molar-refractivity contribution in [1.29, 1.82) is 0 Å². The Morgan fingerprint density at radius 2 is 1.70 bits per heavy atom. The van der Waals surface area contributed by atoms with Crippen LogP contribution in [0.1, 0.15) is 18.9 Å². The van der Waals surface area contributed by atoms with Crippen LogP contribution in [-0.4, -0.2) is 5.97 Å². The highest BCUT2D eigenvalue weighted by Crippen LogP contribution is 2.19. The quantitative estimate of drug-likeness (QED) is 0.615. The first-order valence-corrected chi connectivity index (χ1v) is 6.36. The van der Waals surface area contributed by atoms with Gasteiger partial charge in [-0.1, -0.05) is 25.1 Å². The topological polar surface area (TPSA) is 35.5 Å². The number of benzene rings is 2. The molecule has 104 valence electrons. The van der Waals surface area contributed by atoms with Gasteiger partial charge >= 0.3 is 5.97 Å². The van der Waals surface area contributed by atoms with Crippen molar-refractivity contribution in [3.05, 3.63) is 59.9 Å². The van der Waals surface area contributed by atoms with Crippen LogP contribution >= 0.6 is 0 Å². The van der Waals surface area contributed by atoms with Crippen LogP contribution < -0.4 is 9.47 Å². The van der Waals surface area contributed by atoms with E-state index in [-0.39, 0.29) is 18.4 Å². The van der Waals surface area contributed by atoms with Crippen LogP contribution in [0.15, 0.2) is 48.5 Å². The summed E-state index contributed by atoms with van der Waals surface area (Å²) in [5.74, 6) is 0.477. The van der Waals surface area contributed by atoms with Gasteiger partial charge in [-0.3, -0.25) is 4.79 Å². The number of carbonyl (C=O) groups is 1.